The van der Waals surface area contributed by atoms with Gasteiger partial charge in [-0.1, -0.05) is 0 Å². The summed E-state index contributed by atoms with van der Waals surface area (Å²) in [6.45, 7) is 1.09. The molecular formula is C16H21N5OS. The van der Waals surface area contributed by atoms with Crippen LogP contribution < -0.4 is 15.5 Å². The van der Waals surface area contributed by atoms with Gasteiger partial charge in [0.15, 0.2) is 5.82 Å². The van der Waals surface area contributed by atoms with Crippen LogP contribution in [-0.2, 0) is 0 Å². The second-order valence-corrected chi connectivity index (χ2v) is 5.98. The lowest BCUT2D eigenvalue weighted by molar-refractivity contribution is 0.0955. The van der Waals surface area contributed by atoms with E-state index in [-0.39, 0.29) is 5.91 Å². The molecule has 0 atom stereocenters. The largest absolute Gasteiger partial charge is 0.376 e. The molecule has 2 N–H and O–H groups in total. The Morgan fingerprint density at radius 2 is 1.96 bits per heavy atom. The third kappa shape index (κ3) is 5.14. The Balaban J connectivity index is 1.78. The maximum absolute atomic E-state index is 12.0. The van der Waals surface area contributed by atoms with Crippen molar-refractivity contribution >= 4 is 29.2 Å². The van der Waals surface area contributed by atoms with Crippen molar-refractivity contribution in [1.29, 1.82) is 0 Å². The van der Waals surface area contributed by atoms with Crippen LogP contribution in [0, 0.1) is 0 Å². The Kier molecular flexibility index (Phi) is 6.22. The molecule has 0 aliphatic carbocycles. The summed E-state index contributed by atoms with van der Waals surface area (Å²) in [6, 6.07) is 9.47. The predicted octanol–water partition coefficient (Wildman–Crippen LogP) is 2.11. The third-order valence-electron chi connectivity index (χ3n) is 3.23. The van der Waals surface area contributed by atoms with Gasteiger partial charge in [0.05, 0.1) is 11.9 Å². The van der Waals surface area contributed by atoms with Gasteiger partial charge < -0.3 is 15.5 Å². The van der Waals surface area contributed by atoms with Crippen LogP contribution >= 0.6 is 11.8 Å². The zero-order valence-electron chi connectivity index (χ0n) is 13.5. The summed E-state index contributed by atoms with van der Waals surface area (Å²) >= 11 is 1.65. The molecule has 0 unspecified atom stereocenters. The highest BCUT2D eigenvalue weighted by molar-refractivity contribution is 7.98. The first-order valence-electron chi connectivity index (χ1n) is 7.26. The highest BCUT2D eigenvalue weighted by atomic mass is 32.2. The number of aromatic nitrogens is 2. The molecule has 0 saturated carbocycles. The molecule has 0 fully saturated rings. The van der Waals surface area contributed by atoms with Gasteiger partial charge in [-0.15, -0.1) is 16.9 Å². The van der Waals surface area contributed by atoms with Crippen molar-refractivity contribution in [1.82, 2.24) is 15.5 Å². The first-order chi connectivity index (χ1) is 11.1. The maximum Gasteiger partial charge on any atom is 0.251 e. The number of anilines is 2. The van der Waals surface area contributed by atoms with E-state index >= 15 is 0 Å². The van der Waals surface area contributed by atoms with Gasteiger partial charge >= 0.3 is 0 Å². The monoisotopic (exact) mass is 331 g/mol. The van der Waals surface area contributed by atoms with Crippen LogP contribution in [0.3, 0.4) is 0 Å². The Morgan fingerprint density at radius 3 is 2.61 bits per heavy atom. The van der Waals surface area contributed by atoms with Crippen molar-refractivity contribution in [2.24, 2.45) is 0 Å². The first kappa shape index (κ1) is 17.1. The fraction of sp³-hybridized carbons (Fsp3) is 0.312. The second kappa shape index (κ2) is 8.38. The molecule has 0 spiro atoms. The Morgan fingerprint density at radius 1 is 1.22 bits per heavy atom. The number of carbonyl (C=O) groups excluding carboxylic acids is 1. The van der Waals surface area contributed by atoms with Crippen LogP contribution in [0.5, 0.6) is 0 Å². The van der Waals surface area contributed by atoms with Gasteiger partial charge in [-0.25, -0.2) is 0 Å². The molecule has 1 aromatic heterocycles. The summed E-state index contributed by atoms with van der Waals surface area (Å²) < 4.78 is 0. The fourth-order valence-corrected chi connectivity index (χ4v) is 2.31. The third-order valence-corrected chi connectivity index (χ3v) is 3.97. The maximum atomic E-state index is 12.0. The predicted molar refractivity (Wildman–Crippen MR) is 95.4 cm³/mol. The van der Waals surface area contributed by atoms with Crippen molar-refractivity contribution in [2.75, 3.05) is 43.7 Å². The standard InChI is InChI=1S/C16H21N5OS/c1-21(2)13-10-15(20-19-11-13)17-8-9-18-16(22)12-4-6-14(23-3)7-5-12/h4-7,10-11H,8-9H2,1-3H3,(H,17,20)(H,18,22). The van der Waals surface area contributed by atoms with Gasteiger partial charge in [0.2, 0.25) is 0 Å². The van der Waals surface area contributed by atoms with Crippen LogP contribution in [0.4, 0.5) is 11.5 Å². The summed E-state index contributed by atoms with van der Waals surface area (Å²) in [7, 11) is 3.90. The first-order valence-corrected chi connectivity index (χ1v) is 8.49. The molecule has 0 aliphatic heterocycles. The number of carbonyl (C=O) groups is 1. The minimum Gasteiger partial charge on any atom is -0.376 e. The molecule has 23 heavy (non-hydrogen) atoms. The summed E-state index contributed by atoms with van der Waals surface area (Å²) in [5.74, 6) is 0.613. The van der Waals surface area contributed by atoms with E-state index in [0.717, 1.165) is 10.6 Å². The average Bonchev–Trinajstić information content (AvgIpc) is 2.59. The second-order valence-electron chi connectivity index (χ2n) is 5.10. The summed E-state index contributed by atoms with van der Waals surface area (Å²) in [5.41, 5.74) is 1.64. The quantitative estimate of drug-likeness (QED) is 0.598. The molecule has 0 saturated heterocycles. The SMILES string of the molecule is CSc1ccc(C(=O)NCCNc2cc(N(C)C)cnn2)cc1. The van der Waals surface area contributed by atoms with E-state index in [1.165, 1.54) is 0 Å². The van der Waals surface area contributed by atoms with Crippen molar-refractivity contribution in [2.45, 2.75) is 4.90 Å². The Bertz CT molecular complexity index is 645. The summed E-state index contributed by atoms with van der Waals surface area (Å²) in [5, 5.41) is 14.0. The van der Waals surface area contributed by atoms with Crippen molar-refractivity contribution in [3.05, 3.63) is 42.1 Å². The molecule has 1 amide bonds. The molecule has 2 aromatic rings. The number of benzene rings is 1. The average molecular weight is 331 g/mol. The van der Waals surface area contributed by atoms with E-state index in [1.807, 2.05) is 55.6 Å². The van der Waals surface area contributed by atoms with Gasteiger partial charge in [0.25, 0.3) is 5.91 Å². The van der Waals surface area contributed by atoms with Crippen molar-refractivity contribution in [3.8, 4) is 0 Å². The lowest BCUT2D eigenvalue weighted by Gasteiger charge is -2.13. The van der Waals surface area contributed by atoms with Crippen LogP contribution in [0.2, 0.25) is 0 Å². The highest BCUT2D eigenvalue weighted by Gasteiger charge is 2.05. The lowest BCUT2D eigenvalue weighted by atomic mass is 10.2. The molecule has 2 rings (SSSR count). The van der Waals surface area contributed by atoms with E-state index in [2.05, 4.69) is 20.8 Å². The van der Waals surface area contributed by atoms with Gasteiger partial charge in [-0.3, -0.25) is 4.79 Å². The van der Waals surface area contributed by atoms with Gasteiger partial charge in [-0.05, 0) is 30.5 Å². The number of hydrogen-bond acceptors (Lipinski definition) is 6. The zero-order chi connectivity index (χ0) is 16.7. The molecule has 7 heteroatoms. The van der Waals surface area contributed by atoms with Crippen LogP contribution in [0.1, 0.15) is 10.4 Å². The summed E-state index contributed by atoms with van der Waals surface area (Å²) in [6.07, 6.45) is 3.71. The normalized spacial score (nSPS) is 10.2. The van der Waals surface area contributed by atoms with Gasteiger partial charge in [0.1, 0.15) is 0 Å². The Labute approximate surface area is 140 Å². The zero-order valence-corrected chi connectivity index (χ0v) is 14.4. The molecule has 122 valence electrons. The van der Waals surface area contributed by atoms with E-state index < -0.39 is 0 Å². The molecule has 1 aromatic carbocycles. The van der Waals surface area contributed by atoms with Crippen LogP contribution in [-0.4, -0.2) is 49.5 Å². The van der Waals surface area contributed by atoms with E-state index in [4.69, 9.17) is 0 Å². The topological polar surface area (TPSA) is 70.2 Å². The molecule has 6 nitrogen and oxygen atoms in total. The van der Waals surface area contributed by atoms with Crippen LogP contribution in [0.25, 0.3) is 0 Å². The molecule has 0 radical (unpaired) electrons. The minimum absolute atomic E-state index is 0.0763. The molecule has 0 bridgehead atoms. The van der Waals surface area contributed by atoms with Crippen molar-refractivity contribution in [3.63, 3.8) is 0 Å². The van der Waals surface area contributed by atoms with E-state index in [1.54, 1.807) is 18.0 Å². The van der Waals surface area contributed by atoms with E-state index in [9.17, 15) is 4.79 Å². The minimum atomic E-state index is -0.0763. The number of amides is 1. The number of nitrogens with zero attached hydrogens (tertiary/aromatic N) is 3. The molecule has 0 aliphatic rings. The van der Waals surface area contributed by atoms with Crippen molar-refractivity contribution < 1.29 is 4.79 Å². The number of nitrogens with one attached hydrogen (secondary N) is 2. The smallest absolute Gasteiger partial charge is 0.251 e. The number of hydrogen-bond donors (Lipinski definition) is 2. The Hall–Kier alpha value is -2.28. The lowest BCUT2D eigenvalue weighted by Crippen LogP contribution is -2.28. The number of rotatable bonds is 7. The highest BCUT2D eigenvalue weighted by Crippen LogP contribution is 2.15. The summed E-state index contributed by atoms with van der Waals surface area (Å²) in [4.78, 5) is 15.1. The number of thioether (sulfide) groups is 1. The molecule has 1 heterocycles. The van der Waals surface area contributed by atoms with Gasteiger partial charge in [0, 0.05) is 43.7 Å². The fourth-order valence-electron chi connectivity index (χ4n) is 1.90. The van der Waals surface area contributed by atoms with Crippen LogP contribution in [0.15, 0.2) is 41.4 Å². The van der Waals surface area contributed by atoms with Gasteiger partial charge in [-0.2, -0.15) is 5.10 Å². The van der Waals surface area contributed by atoms with E-state index in [0.29, 0.717) is 24.5 Å². The molecular weight excluding hydrogens is 310 g/mol.